The largest absolute Gasteiger partial charge is 0.211 e. The summed E-state index contributed by atoms with van der Waals surface area (Å²) in [5.74, 6) is 0. The molecule has 2 rings (SSSR count). The Morgan fingerprint density at radius 3 is 2.73 bits per heavy atom. The number of rotatable bonds is 0. The van der Waals surface area contributed by atoms with E-state index in [2.05, 4.69) is 36.2 Å². The Balaban J connectivity index is 2.91. The van der Waals surface area contributed by atoms with E-state index < -0.39 is 0 Å². The molecule has 0 aliphatic heterocycles. The van der Waals surface area contributed by atoms with E-state index in [0.717, 1.165) is 0 Å². The molecule has 0 atom stereocenters. The molecule has 0 bridgehead atoms. The van der Waals surface area contributed by atoms with Crippen molar-refractivity contribution in [1.82, 2.24) is 0 Å². The molecule has 0 radical (unpaired) electrons. The summed E-state index contributed by atoms with van der Waals surface area (Å²) in [6.07, 6.45) is 1.97. The summed E-state index contributed by atoms with van der Waals surface area (Å²) in [5, 5.41) is 1.30. The predicted octanol–water partition coefficient (Wildman–Crippen LogP) is 1.96. The van der Waals surface area contributed by atoms with Gasteiger partial charge in [-0.05, 0) is 18.6 Å². The molecule has 1 heteroatoms. The summed E-state index contributed by atoms with van der Waals surface area (Å²) >= 11 is 0. The Morgan fingerprint density at radius 2 is 1.91 bits per heavy atom. The van der Waals surface area contributed by atoms with Crippen LogP contribution in [-0.4, -0.2) is 0 Å². The molecule has 1 aromatic heterocycles. The van der Waals surface area contributed by atoms with Crippen molar-refractivity contribution in [1.29, 1.82) is 0 Å². The van der Waals surface area contributed by atoms with E-state index in [0.29, 0.717) is 0 Å². The fraction of sp³-hybridized carbons (Fsp3) is 0.100. The van der Waals surface area contributed by atoms with Crippen LogP contribution in [0, 0.1) is 6.92 Å². The molecular formula is C10H10N+. The molecule has 2 aromatic rings. The Labute approximate surface area is 65.7 Å². The number of fused-ring (bicyclic) bond motifs is 1. The Bertz CT molecular complexity index is 374. The summed E-state index contributed by atoms with van der Waals surface area (Å²) in [6.45, 7) is 2.12. The SMILES string of the molecule is Cc1cc[nH+]c2ccccc12. The van der Waals surface area contributed by atoms with Crippen molar-refractivity contribution in [3.05, 3.63) is 42.1 Å². The van der Waals surface area contributed by atoms with E-state index >= 15 is 0 Å². The highest BCUT2D eigenvalue weighted by atomic mass is 14.6. The fourth-order valence-electron chi connectivity index (χ4n) is 1.30. The summed E-state index contributed by atoms with van der Waals surface area (Å²) in [5.41, 5.74) is 2.52. The molecule has 1 aromatic carbocycles. The van der Waals surface area contributed by atoms with Gasteiger partial charge in [-0.1, -0.05) is 12.1 Å². The van der Waals surface area contributed by atoms with Crippen molar-refractivity contribution in [2.75, 3.05) is 0 Å². The number of nitrogens with one attached hydrogen (secondary N) is 1. The minimum Gasteiger partial charge on any atom is -0.211 e. The lowest BCUT2D eigenvalue weighted by Gasteiger charge is -1.93. The number of hydrogen-bond donors (Lipinski definition) is 0. The molecule has 0 aliphatic rings. The normalized spacial score (nSPS) is 10.3. The smallest absolute Gasteiger partial charge is 0.211 e. The van der Waals surface area contributed by atoms with Gasteiger partial charge in [0.1, 0.15) is 0 Å². The lowest BCUT2D eigenvalue weighted by molar-refractivity contribution is -0.344. The number of benzene rings is 1. The van der Waals surface area contributed by atoms with Gasteiger partial charge in [0.05, 0.1) is 0 Å². The van der Waals surface area contributed by atoms with Gasteiger partial charge in [-0.25, -0.2) is 4.98 Å². The maximum Gasteiger partial charge on any atom is 0.211 e. The fourth-order valence-corrected chi connectivity index (χ4v) is 1.30. The molecule has 1 N–H and O–H groups in total. The zero-order chi connectivity index (χ0) is 7.68. The molecule has 0 spiro atoms. The molecule has 1 heterocycles. The minimum absolute atomic E-state index is 1.20. The average molecular weight is 144 g/mol. The molecule has 0 unspecified atom stereocenters. The van der Waals surface area contributed by atoms with Crippen LogP contribution in [0.15, 0.2) is 36.5 Å². The standard InChI is InChI=1S/C10H9N/c1-8-6-7-11-10-5-3-2-4-9(8)10/h2-7H,1H3/p+1. The molecule has 0 amide bonds. The Kier molecular flexibility index (Phi) is 1.35. The first-order valence-electron chi connectivity index (χ1n) is 3.74. The van der Waals surface area contributed by atoms with Crippen molar-refractivity contribution in [2.24, 2.45) is 0 Å². The van der Waals surface area contributed by atoms with Crippen LogP contribution >= 0.6 is 0 Å². The van der Waals surface area contributed by atoms with Crippen LogP contribution in [0.4, 0.5) is 0 Å². The lowest BCUT2D eigenvalue weighted by Crippen LogP contribution is -2.01. The number of pyridine rings is 1. The number of aromatic nitrogens is 1. The molecule has 54 valence electrons. The van der Waals surface area contributed by atoms with Crippen LogP contribution < -0.4 is 4.98 Å². The van der Waals surface area contributed by atoms with E-state index in [1.807, 2.05) is 12.3 Å². The Morgan fingerprint density at radius 1 is 1.09 bits per heavy atom. The molecule has 0 saturated carbocycles. The summed E-state index contributed by atoms with van der Waals surface area (Å²) in [6, 6.07) is 10.4. The molecule has 0 fully saturated rings. The third kappa shape index (κ3) is 0.984. The van der Waals surface area contributed by atoms with Gasteiger partial charge in [-0.15, -0.1) is 0 Å². The highest BCUT2D eigenvalue weighted by Crippen LogP contribution is 2.11. The van der Waals surface area contributed by atoms with Gasteiger partial charge in [-0.2, -0.15) is 0 Å². The van der Waals surface area contributed by atoms with E-state index in [9.17, 15) is 0 Å². The molecule has 11 heavy (non-hydrogen) atoms. The Hall–Kier alpha value is -1.37. The second-order valence-corrected chi connectivity index (χ2v) is 2.71. The van der Waals surface area contributed by atoms with Crippen molar-refractivity contribution < 1.29 is 4.98 Å². The van der Waals surface area contributed by atoms with Crippen LogP contribution in [0.5, 0.6) is 0 Å². The van der Waals surface area contributed by atoms with Crippen molar-refractivity contribution in [3.8, 4) is 0 Å². The van der Waals surface area contributed by atoms with Crippen LogP contribution in [0.25, 0.3) is 10.9 Å². The number of hydrogen-bond acceptors (Lipinski definition) is 0. The van der Waals surface area contributed by atoms with Crippen molar-refractivity contribution in [2.45, 2.75) is 6.92 Å². The third-order valence-electron chi connectivity index (χ3n) is 1.92. The summed E-state index contributed by atoms with van der Waals surface area (Å²) in [7, 11) is 0. The highest BCUT2D eigenvalue weighted by molar-refractivity contribution is 5.78. The summed E-state index contributed by atoms with van der Waals surface area (Å²) in [4.78, 5) is 3.19. The van der Waals surface area contributed by atoms with Crippen LogP contribution in [0.1, 0.15) is 5.56 Å². The van der Waals surface area contributed by atoms with Gasteiger partial charge in [0.2, 0.25) is 5.52 Å². The lowest BCUT2D eigenvalue weighted by atomic mass is 10.1. The van der Waals surface area contributed by atoms with Crippen LogP contribution in [0.2, 0.25) is 0 Å². The third-order valence-corrected chi connectivity index (χ3v) is 1.92. The number of H-pyrrole nitrogens is 1. The second-order valence-electron chi connectivity index (χ2n) is 2.71. The quantitative estimate of drug-likeness (QED) is 0.536. The molecule has 0 saturated heterocycles. The first kappa shape index (κ1) is 6.35. The van der Waals surface area contributed by atoms with E-state index in [1.54, 1.807) is 0 Å². The molecular weight excluding hydrogens is 134 g/mol. The van der Waals surface area contributed by atoms with Crippen molar-refractivity contribution >= 4 is 10.9 Å². The average Bonchev–Trinajstić information content (AvgIpc) is 2.06. The number of aryl methyl sites for hydroxylation is 1. The van der Waals surface area contributed by atoms with Gasteiger partial charge >= 0.3 is 0 Å². The van der Waals surface area contributed by atoms with E-state index in [-0.39, 0.29) is 0 Å². The van der Waals surface area contributed by atoms with Gasteiger partial charge in [0, 0.05) is 17.5 Å². The summed E-state index contributed by atoms with van der Waals surface area (Å²) < 4.78 is 0. The van der Waals surface area contributed by atoms with Gasteiger partial charge in [-0.3, -0.25) is 0 Å². The minimum atomic E-state index is 1.20. The van der Waals surface area contributed by atoms with Crippen molar-refractivity contribution in [3.63, 3.8) is 0 Å². The number of para-hydroxylation sites is 1. The zero-order valence-corrected chi connectivity index (χ0v) is 6.46. The van der Waals surface area contributed by atoms with E-state index in [1.165, 1.54) is 16.5 Å². The zero-order valence-electron chi connectivity index (χ0n) is 6.46. The van der Waals surface area contributed by atoms with Gasteiger partial charge in [0.15, 0.2) is 6.20 Å². The number of aromatic amines is 1. The molecule has 1 nitrogen and oxygen atoms in total. The van der Waals surface area contributed by atoms with Gasteiger partial charge in [0.25, 0.3) is 0 Å². The van der Waals surface area contributed by atoms with Gasteiger partial charge < -0.3 is 0 Å². The molecule has 0 aliphatic carbocycles. The topological polar surface area (TPSA) is 14.1 Å². The monoisotopic (exact) mass is 144 g/mol. The maximum atomic E-state index is 3.19. The second kappa shape index (κ2) is 2.35. The maximum absolute atomic E-state index is 3.19. The van der Waals surface area contributed by atoms with Crippen LogP contribution in [-0.2, 0) is 0 Å². The first-order chi connectivity index (χ1) is 5.38. The highest BCUT2D eigenvalue weighted by Gasteiger charge is 1.98. The first-order valence-corrected chi connectivity index (χ1v) is 3.74. The van der Waals surface area contributed by atoms with E-state index in [4.69, 9.17) is 0 Å². The predicted molar refractivity (Wildman–Crippen MR) is 45.2 cm³/mol. The van der Waals surface area contributed by atoms with Crippen LogP contribution in [0.3, 0.4) is 0 Å².